The standard InChI is InChI=1S/C15H14N4O.ClH/c16-15(8-3-9-15)14-18-13(20-19-14)12-7-6-10-4-1-2-5-11(10)17-12;/h1-2,4-7H,3,8-9,16H2;1H. The van der Waals surface area contributed by atoms with Crippen molar-refractivity contribution in [1.82, 2.24) is 15.1 Å². The summed E-state index contributed by atoms with van der Waals surface area (Å²) in [6.45, 7) is 0. The third kappa shape index (κ3) is 2.28. The maximum Gasteiger partial charge on any atom is 0.276 e. The fourth-order valence-corrected chi connectivity index (χ4v) is 2.50. The van der Waals surface area contributed by atoms with Gasteiger partial charge in [-0.1, -0.05) is 29.4 Å². The Morgan fingerprint density at radius 2 is 1.86 bits per heavy atom. The van der Waals surface area contributed by atoms with E-state index in [-0.39, 0.29) is 12.4 Å². The number of para-hydroxylation sites is 1. The second-order valence-electron chi connectivity index (χ2n) is 5.32. The lowest BCUT2D eigenvalue weighted by Crippen LogP contribution is -2.44. The second-order valence-corrected chi connectivity index (χ2v) is 5.32. The van der Waals surface area contributed by atoms with E-state index in [4.69, 9.17) is 10.3 Å². The first-order valence-corrected chi connectivity index (χ1v) is 6.74. The Labute approximate surface area is 128 Å². The smallest absolute Gasteiger partial charge is 0.276 e. The molecule has 0 bridgehead atoms. The summed E-state index contributed by atoms with van der Waals surface area (Å²) in [5.74, 6) is 1.02. The summed E-state index contributed by atoms with van der Waals surface area (Å²) in [6.07, 6.45) is 2.95. The first-order valence-electron chi connectivity index (χ1n) is 6.74. The molecule has 108 valence electrons. The van der Waals surface area contributed by atoms with Crippen molar-refractivity contribution in [1.29, 1.82) is 0 Å². The van der Waals surface area contributed by atoms with Gasteiger partial charge in [0, 0.05) is 5.39 Å². The summed E-state index contributed by atoms with van der Waals surface area (Å²) in [4.78, 5) is 8.96. The van der Waals surface area contributed by atoms with Crippen LogP contribution in [0.3, 0.4) is 0 Å². The summed E-state index contributed by atoms with van der Waals surface area (Å²) in [7, 11) is 0. The highest BCUT2D eigenvalue weighted by atomic mass is 35.5. The van der Waals surface area contributed by atoms with Crippen LogP contribution >= 0.6 is 12.4 Å². The average Bonchev–Trinajstić information content (AvgIpc) is 2.94. The lowest BCUT2D eigenvalue weighted by molar-refractivity contribution is 0.229. The average molecular weight is 303 g/mol. The van der Waals surface area contributed by atoms with Crippen LogP contribution in [0.15, 0.2) is 40.9 Å². The summed E-state index contributed by atoms with van der Waals surface area (Å²) >= 11 is 0. The fourth-order valence-electron chi connectivity index (χ4n) is 2.50. The Hall–Kier alpha value is -1.98. The van der Waals surface area contributed by atoms with Gasteiger partial charge in [0.25, 0.3) is 5.89 Å². The Kier molecular flexibility index (Phi) is 3.39. The van der Waals surface area contributed by atoms with E-state index < -0.39 is 5.54 Å². The molecule has 2 heterocycles. The van der Waals surface area contributed by atoms with Crippen LogP contribution in [0.2, 0.25) is 0 Å². The maximum atomic E-state index is 6.20. The van der Waals surface area contributed by atoms with Crippen LogP contribution in [0.1, 0.15) is 25.1 Å². The number of hydrogen-bond acceptors (Lipinski definition) is 5. The van der Waals surface area contributed by atoms with E-state index in [0.717, 1.165) is 30.2 Å². The monoisotopic (exact) mass is 302 g/mol. The van der Waals surface area contributed by atoms with Gasteiger partial charge in [0.2, 0.25) is 0 Å². The molecule has 3 aromatic rings. The van der Waals surface area contributed by atoms with Crippen LogP contribution in [0.25, 0.3) is 22.5 Å². The van der Waals surface area contributed by atoms with E-state index in [1.165, 1.54) is 0 Å². The van der Waals surface area contributed by atoms with Crippen molar-refractivity contribution < 1.29 is 4.52 Å². The molecule has 0 radical (unpaired) electrons. The van der Waals surface area contributed by atoms with E-state index >= 15 is 0 Å². The molecule has 21 heavy (non-hydrogen) atoms. The van der Waals surface area contributed by atoms with Gasteiger partial charge in [-0.05, 0) is 31.4 Å². The van der Waals surface area contributed by atoms with Crippen molar-refractivity contribution in [2.24, 2.45) is 5.73 Å². The minimum absolute atomic E-state index is 0. The topological polar surface area (TPSA) is 77.8 Å². The van der Waals surface area contributed by atoms with Gasteiger partial charge in [-0.3, -0.25) is 0 Å². The zero-order valence-corrected chi connectivity index (χ0v) is 12.1. The van der Waals surface area contributed by atoms with E-state index in [1.807, 2.05) is 36.4 Å². The maximum absolute atomic E-state index is 6.20. The number of pyridine rings is 1. The molecule has 0 atom stereocenters. The Balaban J connectivity index is 0.00000132. The van der Waals surface area contributed by atoms with Crippen LogP contribution in [-0.2, 0) is 5.54 Å². The molecule has 0 saturated heterocycles. The number of nitrogens with zero attached hydrogens (tertiary/aromatic N) is 3. The summed E-state index contributed by atoms with van der Waals surface area (Å²) in [5.41, 5.74) is 7.39. The van der Waals surface area contributed by atoms with Crippen LogP contribution < -0.4 is 5.73 Å². The van der Waals surface area contributed by atoms with E-state index in [9.17, 15) is 0 Å². The van der Waals surface area contributed by atoms with Gasteiger partial charge in [0.15, 0.2) is 5.82 Å². The number of nitrogens with two attached hydrogens (primary N) is 1. The third-order valence-electron chi connectivity index (χ3n) is 3.93. The van der Waals surface area contributed by atoms with Crippen LogP contribution in [-0.4, -0.2) is 15.1 Å². The summed E-state index contributed by atoms with van der Waals surface area (Å²) in [6, 6.07) is 11.8. The van der Waals surface area contributed by atoms with Gasteiger partial charge in [-0.25, -0.2) is 4.98 Å². The third-order valence-corrected chi connectivity index (χ3v) is 3.93. The molecule has 1 aromatic carbocycles. The minimum atomic E-state index is -0.404. The predicted molar refractivity (Wildman–Crippen MR) is 82.0 cm³/mol. The zero-order chi connectivity index (χ0) is 13.6. The van der Waals surface area contributed by atoms with Gasteiger partial charge in [-0.15, -0.1) is 12.4 Å². The number of hydrogen-bond donors (Lipinski definition) is 1. The lowest BCUT2D eigenvalue weighted by Gasteiger charge is -2.34. The Morgan fingerprint density at radius 3 is 2.62 bits per heavy atom. The largest absolute Gasteiger partial charge is 0.332 e. The van der Waals surface area contributed by atoms with E-state index in [1.54, 1.807) is 0 Å². The highest BCUT2D eigenvalue weighted by molar-refractivity contribution is 5.85. The van der Waals surface area contributed by atoms with Gasteiger partial charge in [-0.2, -0.15) is 4.98 Å². The Bertz CT molecular complexity index is 782. The van der Waals surface area contributed by atoms with Crippen LogP contribution in [0.5, 0.6) is 0 Å². The van der Waals surface area contributed by atoms with Crippen molar-refractivity contribution in [3.63, 3.8) is 0 Å². The first-order chi connectivity index (χ1) is 9.74. The molecule has 0 amide bonds. The lowest BCUT2D eigenvalue weighted by atomic mass is 9.77. The normalized spacial score (nSPS) is 16.2. The molecule has 5 nitrogen and oxygen atoms in total. The number of fused-ring (bicyclic) bond motifs is 1. The molecule has 0 spiro atoms. The quantitative estimate of drug-likeness (QED) is 0.787. The van der Waals surface area contributed by atoms with Crippen molar-refractivity contribution >= 4 is 23.3 Å². The molecule has 1 aliphatic rings. The number of halogens is 1. The molecule has 4 rings (SSSR count). The van der Waals surface area contributed by atoms with Gasteiger partial charge in [0.1, 0.15) is 5.69 Å². The van der Waals surface area contributed by atoms with Crippen molar-refractivity contribution in [2.45, 2.75) is 24.8 Å². The molecule has 1 saturated carbocycles. The number of aromatic nitrogens is 3. The molecule has 0 aliphatic heterocycles. The SMILES string of the molecule is Cl.NC1(c2noc(-c3ccc4ccccc4n3)n2)CCC1. The molecular formula is C15H15ClN4O. The van der Waals surface area contributed by atoms with Crippen LogP contribution in [0.4, 0.5) is 0 Å². The second kappa shape index (κ2) is 5.09. The van der Waals surface area contributed by atoms with E-state index in [2.05, 4.69) is 15.1 Å². The molecule has 2 aromatic heterocycles. The van der Waals surface area contributed by atoms with Crippen LogP contribution in [0, 0.1) is 0 Å². The minimum Gasteiger partial charge on any atom is -0.332 e. The van der Waals surface area contributed by atoms with Crippen molar-refractivity contribution in [2.75, 3.05) is 0 Å². The number of rotatable bonds is 2. The summed E-state index contributed by atoms with van der Waals surface area (Å²) in [5, 5.41) is 5.10. The molecule has 0 unspecified atom stereocenters. The summed E-state index contributed by atoms with van der Waals surface area (Å²) < 4.78 is 5.32. The van der Waals surface area contributed by atoms with Gasteiger partial charge in [0.05, 0.1) is 11.1 Å². The zero-order valence-electron chi connectivity index (χ0n) is 11.3. The highest BCUT2D eigenvalue weighted by Gasteiger charge is 2.39. The van der Waals surface area contributed by atoms with Gasteiger partial charge >= 0.3 is 0 Å². The molecule has 2 N–H and O–H groups in total. The highest BCUT2D eigenvalue weighted by Crippen LogP contribution is 2.37. The van der Waals surface area contributed by atoms with Crippen molar-refractivity contribution in [3.05, 3.63) is 42.2 Å². The Morgan fingerprint density at radius 1 is 1.05 bits per heavy atom. The van der Waals surface area contributed by atoms with Gasteiger partial charge < -0.3 is 10.3 Å². The predicted octanol–water partition coefficient (Wildman–Crippen LogP) is 3.04. The fraction of sp³-hybridized carbons (Fsp3) is 0.267. The van der Waals surface area contributed by atoms with Crippen molar-refractivity contribution in [3.8, 4) is 11.6 Å². The molecule has 1 fully saturated rings. The molecular weight excluding hydrogens is 288 g/mol. The first kappa shape index (κ1) is 14.0. The molecule has 6 heteroatoms. The molecule has 1 aliphatic carbocycles. The number of benzene rings is 1. The van der Waals surface area contributed by atoms with E-state index in [0.29, 0.717) is 17.4 Å².